The van der Waals surface area contributed by atoms with E-state index in [0.717, 1.165) is 12.5 Å². The van der Waals surface area contributed by atoms with Gasteiger partial charge in [-0.05, 0) is 38.8 Å². The molecule has 1 aromatic rings. The molecule has 110 valence electrons. The van der Waals surface area contributed by atoms with Crippen LogP contribution in [0.5, 0.6) is 5.75 Å². The van der Waals surface area contributed by atoms with Crippen molar-refractivity contribution in [1.82, 2.24) is 4.90 Å². The van der Waals surface area contributed by atoms with Crippen molar-refractivity contribution in [2.45, 2.75) is 44.7 Å². The first-order chi connectivity index (χ1) is 9.42. The average Bonchev–Trinajstić information content (AvgIpc) is 2.83. The monoisotopic (exact) mass is 281 g/mol. The normalized spacial score (nSPS) is 24.8. The van der Waals surface area contributed by atoms with Crippen LogP contribution in [0.3, 0.4) is 0 Å². The second-order valence-electron chi connectivity index (χ2n) is 5.37. The maximum Gasteiger partial charge on any atom is 0.324 e. The van der Waals surface area contributed by atoms with Crippen LogP contribution in [0.15, 0.2) is 18.2 Å². The van der Waals surface area contributed by atoms with Crippen LogP contribution in [0.4, 0.5) is 4.39 Å². The quantitative estimate of drug-likeness (QED) is 0.891. The van der Waals surface area contributed by atoms with Gasteiger partial charge in [-0.15, -0.1) is 0 Å². The van der Waals surface area contributed by atoms with E-state index in [1.807, 2.05) is 18.7 Å². The molecule has 2 N–H and O–H groups in total. The second-order valence-corrected chi connectivity index (χ2v) is 5.37. The number of hydrogen-bond acceptors (Lipinski definition) is 3. The number of nitrogens with zero attached hydrogens (tertiary/aromatic N) is 1. The maximum absolute atomic E-state index is 14.0. The molecule has 1 aromatic carbocycles. The third kappa shape index (κ3) is 2.26. The summed E-state index contributed by atoms with van der Waals surface area (Å²) in [6.07, 6.45) is 1.87. The Morgan fingerprint density at radius 3 is 2.80 bits per heavy atom. The molecule has 1 aliphatic heterocycles. The molecule has 0 amide bonds. The number of hydrogen-bond donors (Lipinski definition) is 2. The average molecular weight is 281 g/mol. The fraction of sp³-hybridized carbons (Fsp3) is 0.533. The lowest BCUT2D eigenvalue weighted by atomic mass is 9.90. The van der Waals surface area contributed by atoms with E-state index in [2.05, 4.69) is 0 Å². The fourth-order valence-electron chi connectivity index (χ4n) is 3.25. The minimum Gasteiger partial charge on any atom is -0.508 e. The van der Waals surface area contributed by atoms with Crippen LogP contribution in [-0.4, -0.2) is 33.2 Å². The van der Waals surface area contributed by atoms with Gasteiger partial charge in [-0.3, -0.25) is 9.69 Å². The van der Waals surface area contributed by atoms with E-state index in [1.54, 1.807) is 0 Å². The Hall–Kier alpha value is -1.62. The Balaban J connectivity index is 2.36. The van der Waals surface area contributed by atoms with Crippen LogP contribution < -0.4 is 0 Å². The number of carboxylic acid groups (broad SMARTS) is 1. The number of carboxylic acids is 1. The molecule has 0 radical (unpaired) electrons. The lowest BCUT2D eigenvalue weighted by Crippen LogP contribution is -2.51. The molecule has 1 heterocycles. The first-order valence-electron chi connectivity index (χ1n) is 6.91. The van der Waals surface area contributed by atoms with Crippen molar-refractivity contribution in [3.8, 4) is 5.75 Å². The molecule has 0 bridgehead atoms. The highest BCUT2D eigenvalue weighted by molar-refractivity contribution is 5.79. The van der Waals surface area contributed by atoms with Gasteiger partial charge < -0.3 is 10.2 Å². The predicted molar refractivity (Wildman–Crippen MR) is 73.1 cm³/mol. The number of halogens is 1. The number of phenolic OH excluding ortho intramolecular Hbond substituents is 1. The first kappa shape index (κ1) is 14.8. The molecule has 20 heavy (non-hydrogen) atoms. The Morgan fingerprint density at radius 1 is 1.55 bits per heavy atom. The van der Waals surface area contributed by atoms with Gasteiger partial charge in [-0.1, -0.05) is 13.0 Å². The third-order valence-corrected chi connectivity index (χ3v) is 4.42. The molecule has 0 aromatic heterocycles. The van der Waals surface area contributed by atoms with Gasteiger partial charge in [0.25, 0.3) is 0 Å². The Bertz CT molecular complexity index is 520. The molecule has 0 spiro atoms. The molecule has 1 aliphatic rings. The second kappa shape index (κ2) is 5.40. The molecule has 0 aliphatic carbocycles. The van der Waals surface area contributed by atoms with Crippen molar-refractivity contribution in [3.63, 3.8) is 0 Å². The van der Waals surface area contributed by atoms with Gasteiger partial charge >= 0.3 is 5.97 Å². The number of carbonyl (C=O) groups is 1. The Labute approximate surface area is 117 Å². The number of likely N-dealkylation sites (tertiary alicyclic amines) is 1. The Morgan fingerprint density at radius 2 is 2.25 bits per heavy atom. The maximum atomic E-state index is 14.0. The van der Waals surface area contributed by atoms with Gasteiger partial charge in [0.15, 0.2) is 0 Å². The van der Waals surface area contributed by atoms with E-state index >= 15 is 0 Å². The zero-order chi connectivity index (χ0) is 14.9. The lowest BCUT2D eigenvalue weighted by molar-refractivity contribution is -0.151. The summed E-state index contributed by atoms with van der Waals surface area (Å²) in [5.41, 5.74) is -0.493. The summed E-state index contributed by atoms with van der Waals surface area (Å²) < 4.78 is 14.0. The number of aromatic hydroxyl groups is 1. The van der Waals surface area contributed by atoms with E-state index < -0.39 is 17.3 Å². The zero-order valence-electron chi connectivity index (χ0n) is 11.8. The molecule has 1 fully saturated rings. The summed E-state index contributed by atoms with van der Waals surface area (Å²) in [5, 5.41) is 18.8. The summed E-state index contributed by atoms with van der Waals surface area (Å²) in [6, 6.07) is 3.68. The number of aliphatic carboxylic acids is 1. The minimum atomic E-state index is -0.913. The van der Waals surface area contributed by atoms with Crippen LogP contribution in [0.1, 0.15) is 44.7 Å². The fourth-order valence-corrected chi connectivity index (χ4v) is 3.25. The van der Waals surface area contributed by atoms with Crippen LogP contribution in [0, 0.1) is 5.82 Å². The molecule has 2 atom stereocenters. The van der Waals surface area contributed by atoms with Crippen molar-refractivity contribution in [1.29, 1.82) is 0 Å². The standard InChI is InChI=1S/C15H20FNO3/c1-3-15(14(19)20)7-4-8-17(15)10(2)12-6-5-11(18)9-13(12)16/h5-6,9-10,18H,3-4,7-8H2,1-2H3,(H,19,20). The van der Waals surface area contributed by atoms with Gasteiger partial charge in [-0.2, -0.15) is 0 Å². The minimum absolute atomic E-state index is 0.125. The van der Waals surface area contributed by atoms with Crippen molar-refractivity contribution in [2.75, 3.05) is 6.54 Å². The van der Waals surface area contributed by atoms with Crippen molar-refractivity contribution in [2.24, 2.45) is 0 Å². The predicted octanol–water partition coefficient (Wildman–Crippen LogP) is 2.92. The molecular formula is C15H20FNO3. The van der Waals surface area contributed by atoms with Gasteiger partial charge in [0.05, 0.1) is 0 Å². The summed E-state index contributed by atoms with van der Waals surface area (Å²) in [7, 11) is 0. The lowest BCUT2D eigenvalue weighted by Gasteiger charge is -2.38. The highest BCUT2D eigenvalue weighted by Gasteiger charge is 2.48. The number of phenols is 1. The summed E-state index contributed by atoms with van der Waals surface area (Å²) in [5.74, 6) is -1.47. The molecule has 4 nitrogen and oxygen atoms in total. The summed E-state index contributed by atoms with van der Waals surface area (Å²) in [6.45, 7) is 4.31. The molecule has 2 unspecified atom stereocenters. The topological polar surface area (TPSA) is 60.8 Å². The van der Waals surface area contributed by atoms with Crippen LogP contribution >= 0.6 is 0 Å². The van der Waals surface area contributed by atoms with E-state index in [1.165, 1.54) is 12.1 Å². The highest BCUT2D eigenvalue weighted by Crippen LogP contribution is 2.40. The van der Waals surface area contributed by atoms with E-state index in [9.17, 15) is 19.4 Å². The number of rotatable bonds is 4. The number of benzene rings is 1. The van der Waals surface area contributed by atoms with E-state index in [0.29, 0.717) is 24.9 Å². The van der Waals surface area contributed by atoms with Gasteiger partial charge in [0, 0.05) is 17.7 Å². The molecule has 2 rings (SSSR count). The SMILES string of the molecule is CCC1(C(=O)O)CCCN1C(C)c1ccc(O)cc1F. The largest absolute Gasteiger partial charge is 0.508 e. The summed E-state index contributed by atoms with van der Waals surface area (Å²) >= 11 is 0. The van der Waals surface area contributed by atoms with Crippen LogP contribution in [0.25, 0.3) is 0 Å². The van der Waals surface area contributed by atoms with E-state index in [-0.39, 0.29) is 11.8 Å². The molecule has 0 saturated carbocycles. The molecule has 5 heteroatoms. The first-order valence-corrected chi connectivity index (χ1v) is 6.91. The van der Waals surface area contributed by atoms with Crippen LogP contribution in [-0.2, 0) is 4.79 Å². The highest BCUT2D eigenvalue weighted by atomic mass is 19.1. The van der Waals surface area contributed by atoms with Crippen molar-refractivity contribution in [3.05, 3.63) is 29.6 Å². The van der Waals surface area contributed by atoms with Gasteiger partial charge in [0.2, 0.25) is 0 Å². The molecular weight excluding hydrogens is 261 g/mol. The zero-order valence-corrected chi connectivity index (χ0v) is 11.8. The van der Waals surface area contributed by atoms with Crippen LogP contribution in [0.2, 0.25) is 0 Å². The van der Waals surface area contributed by atoms with Crippen molar-refractivity contribution < 1.29 is 19.4 Å². The van der Waals surface area contributed by atoms with Gasteiger partial charge in [-0.25, -0.2) is 4.39 Å². The summed E-state index contributed by atoms with van der Waals surface area (Å²) in [4.78, 5) is 13.5. The molecule has 1 saturated heterocycles. The van der Waals surface area contributed by atoms with E-state index in [4.69, 9.17) is 0 Å². The van der Waals surface area contributed by atoms with Gasteiger partial charge in [0.1, 0.15) is 17.1 Å². The third-order valence-electron chi connectivity index (χ3n) is 4.42. The smallest absolute Gasteiger partial charge is 0.324 e. The Kier molecular flexibility index (Phi) is 3.99. The van der Waals surface area contributed by atoms with Crippen molar-refractivity contribution >= 4 is 5.97 Å².